The molecule has 1 aromatic carbocycles. The molecule has 0 spiro atoms. The van der Waals surface area contributed by atoms with Crippen molar-refractivity contribution >= 4 is 15.8 Å². The zero-order valence-electron chi connectivity index (χ0n) is 9.00. The lowest BCUT2D eigenvalue weighted by Crippen LogP contribution is -2.17. The van der Waals surface area contributed by atoms with Gasteiger partial charge in [0.25, 0.3) is 0 Å². The van der Waals surface area contributed by atoms with Crippen molar-refractivity contribution in [3.8, 4) is 5.75 Å². The third-order valence-corrected chi connectivity index (χ3v) is 4.31. The van der Waals surface area contributed by atoms with E-state index in [9.17, 15) is 13.2 Å². The fraction of sp³-hybridized carbons (Fsp3) is 0.364. The monoisotopic (exact) mass is 256 g/mol. The molecule has 1 unspecified atom stereocenters. The van der Waals surface area contributed by atoms with Crippen molar-refractivity contribution in [2.45, 2.75) is 12.5 Å². The molecule has 1 saturated heterocycles. The zero-order valence-corrected chi connectivity index (χ0v) is 9.81. The van der Waals surface area contributed by atoms with Crippen molar-refractivity contribution in [2.24, 2.45) is 0 Å². The summed E-state index contributed by atoms with van der Waals surface area (Å²) < 4.78 is 27.9. The highest BCUT2D eigenvalue weighted by molar-refractivity contribution is 7.91. The van der Waals surface area contributed by atoms with Crippen LogP contribution >= 0.6 is 0 Å². The summed E-state index contributed by atoms with van der Waals surface area (Å²) in [7, 11) is -2.98. The van der Waals surface area contributed by atoms with Crippen LogP contribution in [0.3, 0.4) is 0 Å². The van der Waals surface area contributed by atoms with E-state index in [0.29, 0.717) is 12.2 Å². The molecule has 92 valence electrons. The first-order valence-electron chi connectivity index (χ1n) is 5.17. The Bertz CT molecular complexity index is 535. The van der Waals surface area contributed by atoms with Crippen LogP contribution in [-0.4, -0.2) is 37.1 Å². The first-order chi connectivity index (χ1) is 7.96. The lowest BCUT2D eigenvalue weighted by Gasteiger charge is -2.12. The second-order valence-electron chi connectivity index (χ2n) is 3.98. The van der Waals surface area contributed by atoms with E-state index in [2.05, 4.69) is 0 Å². The van der Waals surface area contributed by atoms with Crippen LogP contribution in [0.15, 0.2) is 24.3 Å². The van der Waals surface area contributed by atoms with Gasteiger partial charge in [0.05, 0.1) is 17.1 Å². The van der Waals surface area contributed by atoms with E-state index in [0.717, 1.165) is 0 Å². The van der Waals surface area contributed by atoms with E-state index in [1.165, 1.54) is 12.1 Å². The average molecular weight is 256 g/mol. The molecule has 0 aliphatic carbocycles. The van der Waals surface area contributed by atoms with Crippen molar-refractivity contribution in [1.82, 2.24) is 0 Å². The van der Waals surface area contributed by atoms with Crippen LogP contribution in [0.25, 0.3) is 0 Å². The second kappa shape index (κ2) is 4.37. The minimum absolute atomic E-state index is 0.00426. The molecule has 0 radical (unpaired) electrons. The van der Waals surface area contributed by atoms with Gasteiger partial charge in [0.1, 0.15) is 11.9 Å². The van der Waals surface area contributed by atoms with Crippen molar-refractivity contribution in [3.05, 3.63) is 29.8 Å². The van der Waals surface area contributed by atoms with Crippen LogP contribution < -0.4 is 4.74 Å². The Morgan fingerprint density at radius 2 is 2.18 bits per heavy atom. The van der Waals surface area contributed by atoms with Crippen molar-refractivity contribution < 1.29 is 23.1 Å². The molecular weight excluding hydrogens is 244 g/mol. The highest BCUT2D eigenvalue weighted by Gasteiger charge is 2.29. The van der Waals surface area contributed by atoms with Crippen LogP contribution in [0.5, 0.6) is 5.75 Å². The van der Waals surface area contributed by atoms with Crippen LogP contribution in [-0.2, 0) is 9.84 Å². The number of carboxylic acids is 1. The Morgan fingerprint density at radius 1 is 1.41 bits per heavy atom. The molecule has 1 heterocycles. The number of hydrogen-bond donors (Lipinski definition) is 1. The Kier molecular flexibility index (Phi) is 3.06. The maximum absolute atomic E-state index is 11.2. The average Bonchev–Trinajstić information content (AvgIpc) is 2.58. The molecule has 0 amide bonds. The summed E-state index contributed by atoms with van der Waals surface area (Å²) in [5, 5.41) is 8.80. The fourth-order valence-corrected chi connectivity index (χ4v) is 3.34. The zero-order chi connectivity index (χ0) is 12.5. The number of carbonyl (C=O) groups is 1. The molecule has 0 bridgehead atoms. The summed E-state index contributed by atoms with van der Waals surface area (Å²) in [5.74, 6) is -0.498. The molecule has 2 rings (SSSR count). The Morgan fingerprint density at radius 3 is 2.76 bits per heavy atom. The van der Waals surface area contributed by atoms with Crippen LogP contribution in [0.4, 0.5) is 0 Å². The van der Waals surface area contributed by atoms with Gasteiger partial charge >= 0.3 is 5.97 Å². The largest absolute Gasteiger partial charge is 0.489 e. The van der Waals surface area contributed by atoms with Crippen LogP contribution in [0.2, 0.25) is 0 Å². The van der Waals surface area contributed by atoms with Gasteiger partial charge < -0.3 is 9.84 Å². The molecular formula is C11H12O5S. The summed E-state index contributed by atoms with van der Waals surface area (Å²) in [6.45, 7) is 0. The quantitative estimate of drug-likeness (QED) is 0.870. The third-order valence-electron chi connectivity index (χ3n) is 2.57. The second-order valence-corrected chi connectivity index (χ2v) is 6.20. The molecule has 1 N–H and O–H groups in total. The lowest BCUT2D eigenvalue weighted by atomic mass is 10.2. The van der Waals surface area contributed by atoms with Gasteiger partial charge in [0, 0.05) is 0 Å². The van der Waals surface area contributed by atoms with E-state index >= 15 is 0 Å². The highest BCUT2D eigenvalue weighted by atomic mass is 32.2. The molecule has 0 aromatic heterocycles. The van der Waals surface area contributed by atoms with Gasteiger partial charge in [-0.15, -0.1) is 0 Å². The van der Waals surface area contributed by atoms with E-state index in [4.69, 9.17) is 9.84 Å². The van der Waals surface area contributed by atoms with Gasteiger partial charge in [-0.1, -0.05) is 6.07 Å². The Labute approximate surface area is 98.9 Å². The molecule has 17 heavy (non-hydrogen) atoms. The summed E-state index contributed by atoms with van der Waals surface area (Å²) >= 11 is 0. The smallest absolute Gasteiger partial charge is 0.335 e. The standard InChI is InChI=1S/C11H12O5S/c12-11(13)8-2-1-3-9(6-8)16-10-4-5-17(14,15)7-10/h1-3,6,10H,4-5,7H2,(H,12,13). The van der Waals surface area contributed by atoms with Gasteiger partial charge in [0.2, 0.25) is 0 Å². The Hall–Kier alpha value is -1.56. The molecule has 0 saturated carbocycles. The van der Waals surface area contributed by atoms with E-state index in [1.54, 1.807) is 12.1 Å². The van der Waals surface area contributed by atoms with Crippen LogP contribution in [0, 0.1) is 0 Å². The van der Waals surface area contributed by atoms with Crippen molar-refractivity contribution in [2.75, 3.05) is 11.5 Å². The first kappa shape index (κ1) is 11.9. The maximum atomic E-state index is 11.2. The SMILES string of the molecule is O=C(O)c1cccc(OC2CCS(=O)(=O)C2)c1. The predicted molar refractivity (Wildman–Crippen MR) is 61.1 cm³/mol. The number of hydrogen-bond acceptors (Lipinski definition) is 4. The summed E-state index contributed by atoms with van der Waals surface area (Å²) in [4.78, 5) is 10.7. The lowest BCUT2D eigenvalue weighted by molar-refractivity contribution is 0.0696. The first-order valence-corrected chi connectivity index (χ1v) is 6.99. The molecule has 5 nitrogen and oxygen atoms in total. The third kappa shape index (κ3) is 2.97. The minimum atomic E-state index is -2.98. The summed E-state index contributed by atoms with van der Waals surface area (Å²) in [6, 6.07) is 6.05. The van der Waals surface area contributed by atoms with Gasteiger partial charge in [-0.3, -0.25) is 0 Å². The molecule has 1 atom stereocenters. The normalized spacial score (nSPS) is 22.2. The number of aromatic carboxylic acids is 1. The van der Waals surface area contributed by atoms with Gasteiger partial charge in [-0.25, -0.2) is 13.2 Å². The molecule has 6 heteroatoms. The molecule has 1 aromatic rings. The molecule has 1 fully saturated rings. The number of carboxylic acid groups (broad SMARTS) is 1. The predicted octanol–water partition coefficient (Wildman–Crippen LogP) is 0.951. The fourth-order valence-electron chi connectivity index (χ4n) is 1.75. The van der Waals surface area contributed by atoms with Crippen molar-refractivity contribution in [1.29, 1.82) is 0 Å². The maximum Gasteiger partial charge on any atom is 0.335 e. The number of sulfone groups is 1. The van der Waals surface area contributed by atoms with E-state index in [-0.39, 0.29) is 23.2 Å². The van der Waals surface area contributed by atoms with Crippen molar-refractivity contribution in [3.63, 3.8) is 0 Å². The van der Waals surface area contributed by atoms with E-state index < -0.39 is 15.8 Å². The minimum Gasteiger partial charge on any atom is -0.489 e. The van der Waals surface area contributed by atoms with E-state index in [1.807, 2.05) is 0 Å². The number of ether oxygens (including phenoxy) is 1. The number of benzene rings is 1. The Balaban J connectivity index is 2.09. The summed E-state index contributed by atoms with van der Waals surface area (Å²) in [5.41, 5.74) is 0.128. The number of rotatable bonds is 3. The van der Waals surface area contributed by atoms with Gasteiger partial charge in [-0.2, -0.15) is 0 Å². The van der Waals surface area contributed by atoms with Crippen LogP contribution in [0.1, 0.15) is 16.8 Å². The summed E-state index contributed by atoms with van der Waals surface area (Å²) in [6.07, 6.45) is 0.0867. The topological polar surface area (TPSA) is 80.7 Å². The van der Waals surface area contributed by atoms with Gasteiger partial charge in [0.15, 0.2) is 9.84 Å². The molecule has 1 aliphatic rings. The highest BCUT2D eigenvalue weighted by Crippen LogP contribution is 2.20. The van der Waals surface area contributed by atoms with Gasteiger partial charge in [-0.05, 0) is 24.6 Å². The molecule has 1 aliphatic heterocycles.